The molecule has 1 aromatic heterocycles. The summed E-state index contributed by atoms with van der Waals surface area (Å²) in [4.78, 5) is 7.57. The maximum absolute atomic E-state index is 13.0. The Balaban J connectivity index is 0.000000242. The maximum Gasteiger partial charge on any atom is 0.140 e. The molecule has 0 amide bonds. The van der Waals surface area contributed by atoms with Crippen molar-refractivity contribution in [1.82, 2.24) is 9.97 Å². The second-order valence-electron chi connectivity index (χ2n) is 4.24. The molecule has 0 bridgehead atoms. The minimum atomic E-state index is -0.345. The molecule has 0 atom stereocenters. The standard InChI is InChI=1S/C13H10FN3.S8/c14-8-5-6-9(10(15)7-8)13-16-11-3-1-2-4-12(11)17-13;1-3-5-7-8-6-4-2/h1-7H,15H2,(H,16,17);. The SMILES string of the molecule is Nc1cc(F)ccc1-c1nc2ccccc2[nH]1.S=S=S=S=S=S=S=S. The van der Waals surface area contributed by atoms with Crippen LogP contribution in [0.1, 0.15) is 0 Å². The van der Waals surface area contributed by atoms with Crippen molar-refractivity contribution in [3.63, 3.8) is 0 Å². The van der Waals surface area contributed by atoms with Gasteiger partial charge in [0.05, 0.1) is 11.0 Å². The molecule has 0 aliphatic rings. The Hall–Kier alpha value is -0.600. The van der Waals surface area contributed by atoms with Gasteiger partial charge in [0, 0.05) is 86.9 Å². The third-order valence-corrected chi connectivity index (χ3v) is 13.9. The number of para-hydroxylation sites is 2. The Morgan fingerprint density at radius 1 is 0.960 bits per heavy atom. The first-order valence-corrected chi connectivity index (χ1v) is 15.7. The number of hydrogen-bond acceptors (Lipinski definition) is 4. The molecule has 0 aliphatic heterocycles. The molecule has 0 radical (unpaired) electrons. The van der Waals surface area contributed by atoms with Gasteiger partial charge in [-0.1, -0.05) is 12.1 Å². The summed E-state index contributed by atoms with van der Waals surface area (Å²) in [7, 11) is 9.12. The number of nitrogens with one attached hydrogen (secondary N) is 1. The Kier molecular flexibility index (Phi) is 9.26. The number of fused-ring (bicyclic) bond motifs is 1. The van der Waals surface area contributed by atoms with Crippen LogP contribution in [-0.4, -0.2) is 9.97 Å². The molecular weight excluding hydrogens is 474 g/mol. The van der Waals surface area contributed by atoms with E-state index in [0.29, 0.717) is 17.1 Å². The average Bonchev–Trinajstić information content (AvgIpc) is 3.03. The van der Waals surface area contributed by atoms with Gasteiger partial charge in [0.25, 0.3) is 0 Å². The number of hydrogen-bond donors (Lipinski definition) is 2. The van der Waals surface area contributed by atoms with Crippen molar-refractivity contribution >= 4 is 92.4 Å². The topological polar surface area (TPSA) is 54.7 Å². The van der Waals surface area contributed by atoms with Crippen LogP contribution in [0.5, 0.6) is 0 Å². The van der Waals surface area contributed by atoms with Gasteiger partial charge in [-0.15, -0.1) is 0 Å². The van der Waals surface area contributed by atoms with Gasteiger partial charge in [-0.05, 0) is 30.3 Å². The highest BCUT2D eigenvalue weighted by Crippen LogP contribution is 2.25. The van der Waals surface area contributed by atoms with Gasteiger partial charge in [0.1, 0.15) is 11.6 Å². The van der Waals surface area contributed by atoms with E-state index in [1.54, 1.807) is 41.6 Å². The smallest absolute Gasteiger partial charge is 0.140 e. The van der Waals surface area contributed by atoms with Gasteiger partial charge in [0.15, 0.2) is 0 Å². The molecule has 3 N–H and O–H groups in total. The molecule has 3 nitrogen and oxygen atoms in total. The highest BCUT2D eigenvalue weighted by molar-refractivity contribution is 8.70. The van der Waals surface area contributed by atoms with Crippen molar-refractivity contribution in [2.45, 2.75) is 0 Å². The van der Waals surface area contributed by atoms with E-state index in [2.05, 4.69) is 32.3 Å². The van der Waals surface area contributed by atoms with Crippen molar-refractivity contribution in [1.29, 1.82) is 0 Å². The van der Waals surface area contributed by atoms with E-state index in [1.807, 2.05) is 24.3 Å². The third kappa shape index (κ3) is 6.57. The van der Waals surface area contributed by atoms with Gasteiger partial charge >= 0.3 is 0 Å². The van der Waals surface area contributed by atoms with Crippen LogP contribution < -0.4 is 5.73 Å². The quantitative estimate of drug-likeness (QED) is 0.523. The minimum absolute atomic E-state index is 0.345. The van der Waals surface area contributed by atoms with E-state index in [-0.39, 0.29) is 5.82 Å². The molecule has 3 aromatic rings. The van der Waals surface area contributed by atoms with E-state index < -0.39 is 0 Å². The monoisotopic (exact) mass is 483 g/mol. The molecule has 3 rings (SSSR count). The van der Waals surface area contributed by atoms with E-state index in [4.69, 9.17) is 5.73 Å². The van der Waals surface area contributed by atoms with Crippen molar-refractivity contribution in [3.05, 3.63) is 48.3 Å². The number of rotatable bonds is 1. The Morgan fingerprint density at radius 2 is 1.64 bits per heavy atom. The molecule has 0 unspecified atom stereocenters. The van der Waals surface area contributed by atoms with Crippen molar-refractivity contribution < 1.29 is 4.39 Å². The second kappa shape index (κ2) is 11.2. The minimum Gasteiger partial charge on any atom is -0.398 e. The first-order chi connectivity index (χ1) is 12.2. The lowest BCUT2D eigenvalue weighted by Gasteiger charge is -2.01. The summed E-state index contributed by atoms with van der Waals surface area (Å²) in [6.07, 6.45) is 0. The number of nitrogen functional groups attached to an aromatic ring is 1. The largest absolute Gasteiger partial charge is 0.398 e. The Morgan fingerprint density at radius 3 is 2.24 bits per heavy atom. The highest BCUT2D eigenvalue weighted by atomic mass is 33.4. The fraction of sp³-hybridized carbons (Fsp3) is 0. The third-order valence-electron chi connectivity index (χ3n) is 2.80. The summed E-state index contributed by atoms with van der Waals surface area (Å²) in [6, 6.07) is 12.0. The van der Waals surface area contributed by atoms with Crippen LogP contribution in [0.25, 0.3) is 22.4 Å². The van der Waals surface area contributed by atoms with Crippen LogP contribution >= 0.6 is 0 Å². The Labute approximate surface area is 170 Å². The van der Waals surface area contributed by atoms with E-state index >= 15 is 0 Å². The molecule has 0 fully saturated rings. The molecule has 0 spiro atoms. The molecule has 2 aromatic carbocycles. The average molecular weight is 484 g/mol. The number of nitrogens with zero attached hydrogens (tertiary/aromatic N) is 1. The normalized spacial score (nSPS) is 9.48. The summed E-state index contributed by atoms with van der Waals surface area (Å²) in [5.41, 5.74) is 8.67. The lowest BCUT2D eigenvalue weighted by Crippen LogP contribution is -1.92. The maximum atomic E-state index is 13.0. The predicted octanol–water partition coefficient (Wildman–Crippen LogP) is 2.93. The number of aromatic nitrogens is 2. The van der Waals surface area contributed by atoms with Crippen LogP contribution in [0.4, 0.5) is 10.1 Å². The van der Waals surface area contributed by atoms with Crippen LogP contribution in [0.3, 0.4) is 0 Å². The number of imidazole rings is 1. The summed E-state index contributed by atoms with van der Waals surface area (Å²) < 4.78 is 13.0. The van der Waals surface area contributed by atoms with E-state index in [0.717, 1.165) is 11.0 Å². The molecule has 0 saturated heterocycles. The van der Waals surface area contributed by atoms with Gasteiger partial charge in [-0.25, -0.2) is 9.37 Å². The van der Waals surface area contributed by atoms with Gasteiger partial charge in [-0.3, -0.25) is 0 Å². The molecule has 12 heteroatoms. The van der Waals surface area contributed by atoms with Crippen molar-refractivity contribution in [2.75, 3.05) is 5.73 Å². The van der Waals surface area contributed by atoms with E-state index in [1.165, 1.54) is 29.9 Å². The summed E-state index contributed by atoms with van der Waals surface area (Å²) in [5.74, 6) is 0.311. The van der Waals surface area contributed by atoms with E-state index in [9.17, 15) is 4.39 Å². The predicted molar refractivity (Wildman–Crippen MR) is 125 cm³/mol. The number of H-pyrrole nitrogens is 1. The number of nitrogens with two attached hydrogens (primary N) is 1. The summed E-state index contributed by atoms with van der Waals surface area (Å²) in [6.45, 7) is 0. The fourth-order valence-electron chi connectivity index (χ4n) is 1.87. The number of aromatic amines is 1. The number of benzene rings is 2. The van der Waals surface area contributed by atoms with Gasteiger partial charge < -0.3 is 10.7 Å². The van der Waals surface area contributed by atoms with Crippen molar-refractivity contribution in [2.24, 2.45) is 0 Å². The van der Waals surface area contributed by atoms with Gasteiger partial charge in [0.2, 0.25) is 0 Å². The number of halogens is 1. The Bertz CT molecular complexity index is 1080. The lowest BCUT2D eigenvalue weighted by molar-refractivity contribution is 0.628. The molecule has 0 aliphatic carbocycles. The molecule has 132 valence electrons. The first kappa shape index (κ1) is 20.7. The molecule has 25 heavy (non-hydrogen) atoms. The van der Waals surface area contributed by atoms with Crippen LogP contribution in [0, 0.1) is 5.82 Å². The van der Waals surface area contributed by atoms with Crippen molar-refractivity contribution in [3.8, 4) is 11.4 Å². The molecular formula is C13H10FN3S8. The lowest BCUT2D eigenvalue weighted by atomic mass is 10.1. The first-order valence-electron chi connectivity index (χ1n) is 6.41. The molecule has 0 saturated carbocycles. The van der Waals surface area contributed by atoms with Crippen LogP contribution in [0.2, 0.25) is 0 Å². The van der Waals surface area contributed by atoms with Gasteiger partial charge in [-0.2, -0.15) is 0 Å². The summed E-state index contributed by atoms with van der Waals surface area (Å²) in [5, 5.41) is 0. The highest BCUT2D eigenvalue weighted by Gasteiger charge is 2.08. The summed E-state index contributed by atoms with van der Waals surface area (Å²) >= 11 is 9.21. The van der Waals surface area contributed by atoms with Crippen LogP contribution in [-0.2, 0) is 75.7 Å². The zero-order valence-electron chi connectivity index (χ0n) is 12.2. The second-order valence-corrected chi connectivity index (χ2v) is 14.9. The zero-order valence-corrected chi connectivity index (χ0v) is 18.7. The molecule has 1 heterocycles. The zero-order chi connectivity index (χ0) is 18.1. The van der Waals surface area contributed by atoms with Crippen LogP contribution in [0.15, 0.2) is 42.5 Å². The fourth-order valence-corrected chi connectivity index (χ4v) is 12.9. The number of anilines is 1.